The highest BCUT2D eigenvalue weighted by Gasteiger charge is 2.09. The molecule has 6 nitrogen and oxygen atoms in total. The lowest BCUT2D eigenvalue weighted by molar-refractivity contribution is 0.0952. The predicted molar refractivity (Wildman–Crippen MR) is 103 cm³/mol. The first-order valence-corrected chi connectivity index (χ1v) is 8.49. The smallest absolute Gasteiger partial charge is 0.257 e. The Hall–Kier alpha value is -3.67. The topological polar surface area (TPSA) is 91.3 Å². The summed E-state index contributed by atoms with van der Waals surface area (Å²) < 4.78 is 0. The number of nitrogens with zero attached hydrogens (tertiary/aromatic N) is 1. The maximum absolute atomic E-state index is 12.3. The van der Waals surface area contributed by atoms with E-state index in [1.165, 1.54) is 6.20 Å². The van der Waals surface area contributed by atoms with Crippen LogP contribution in [0, 0.1) is 0 Å². The van der Waals surface area contributed by atoms with Crippen molar-refractivity contribution in [3.05, 3.63) is 89.7 Å². The summed E-state index contributed by atoms with van der Waals surface area (Å²) >= 11 is 0. The van der Waals surface area contributed by atoms with Crippen LogP contribution in [0.3, 0.4) is 0 Å². The Bertz CT molecular complexity index is 942. The number of hydrogen-bond donors (Lipinski definition) is 3. The number of rotatable bonds is 6. The molecule has 0 bridgehead atoms. The first-order chi connectivity index (χ1) is 13.1. The van der Waals surface area contributed by atoms with Gasteiger partial charge in [-0.2, -0.15) is 0 Å². The summed E-state index contributed by atoms with van der Waals surface area (Å²) in [5, 5.41) is 15.0. The van der Waals surface area contributed by atoms with Crippen molar-refractivity contribution in [3.8, 4) is 5.75 Å². The lowest BCUT2D eigenvalue weighted by Crippen LogP contribution is -2.25. The summed E-state index contributed by atoms with van der Waals surface area (Å²) in [6.45, 7) is 0.439. The molecule has 2 aromatic carbocycles. The number of phenolic OH excluding ortho intramolecular Hbond substituents is 1. The number of carbonyl (C=O) groups is 2. The number of anilines is 1. The molecular formula is C21H19N3O3. The number of hydrogen-bond acceptors (Lipinski definition) is 4. The van der Waals surface area contributed by atoms with Gasteiger partial charge >= 0.3 is 0 Å². The van der Waals surface area contributed by atoms with Crippen molar-refractivity contribution < 1.29 is 14.7 Å². The zero-order valence-corrected chi connectivity index (χ0v) is 14.6. The molecular weight excluding hydrogens is 342 g/mol. The van der Waals surface area contributed by atoms with Crippen LogP contribution in [0.25, 0.3) is 0 Å². The number of phenols is 1. The summed E-state index contributed by atoms with van der Waals surface area (Å²) in [5.74, 6) is -0.312. The maximum atomic E-state index is 12.3. The summed E-state index contributed by atoms with van der Waals surface area (Å²) in [5.41, 5.74) is 2.37. The number of nitrogens with one attached hydrogen (secondary N) is 2. The van der Waals surface area contributed by atoms with Crippen LogP contribution >= 0.6 is 0 Å². The van der Waals surface area contributed by atoms with Crippen molar-refractivity contribution in [3.63, 3.8) is 0 Å². The summed E-state index contributed by atoms with van der Waals surface area (Å²) in [4.78, 5) is 28.4. The van der Waals surface area contributed by atoms with Gasteiger partial charge in [-0.05, 0) is 54.4 Å². The number of benzene rings is 2. The lowest BCUT2D eigenvalue weighted by Gasteiger charge is -2.09. The van der Waals surface area contributed by atoms with E-state index >= 15 is 0 Å². The second-order valence-electron chi connectivity index (χ2n) is 5.95. The fraction of sp³-hybridized carbons (Fsp3) is 0.0952. The van der Waals surface area contributed by atoms with E-state index in [4.69, 9.17) is 0 Å². The minimum Gasteiger partial charge on any atom is -0.508 e. The minimum atomic E-state index is -0.287. The highest BCUT2D eigenvalue weighted by Crippen LogP contribution is 2.13. The predicted octanol–water partition coefficient (Wildman–Crippen LogP) is 3.01. The Kier molecular flexibility index (Phi) is 5.79. The monoisotopic (exact) mass is 361 g/mol. The van der Waals surface area contributed by atoms with Gasteiger partial charge in [0.05, 0.1) is 5.56 Å². The van der Waals surface area contributed by atoms with Gasteiger partial charge in [-0.3, -0.25) is 14.6 Å². The van der Waals surface area contributed by atoms with Gasteiger partial charge in [-0.15, -0.1) is 0 Å². The molecule has 0 saturated carbocycles. The van der Waals surface area contributed by atoms with Crippen molar-refractivity contribution in [1.29, 1.82) is 0 Å². The number of amides is 2. The average molecular weight is 361 g/mol. The molecule has 0 aliphatic rings. The zero-order valence-electron chi connectivity index (χ0n) is 14.6. The first kappa shape index (κ1) is 18.1. The third-order valence-corrected chi connectivity index (χ3v) is 3.92. The lowest BCUT2D eigenvalue weighted by atomic mass is 10.1. The Morgan fingerprint density at radius 2 is 1.74 bits per heavy atom. The van der Waals surface area contributed by atoms with Gasteiger partial charge in [0.25, 0.3) is 11.8 Å². The van der Waals surface area contributed by atoms with Crippen molar-refractivity contribution in [2.45, 2.75) is 6.42 Å². The highest BCUT2D eigenvalue weighted by atomic mass is 16.3. The number of aromatic nitrogens is 1. The molecule has 1 aromatic heterocycles. The van der Waals surface area contributed by atoms with E-state index in [2.05, 4.69) is 15.6 Å². The van der Waals surface area contributed by atoms with Crippen LogP contribution in [0.5, 0.6) is 5.75 Å². The molecule has 2 amide bonds. The van der Waals surface area contributed by atoms with Crippen molar-refractivity contribution in [2.75, 3.05) is 11.9 Å². The zero-order chi connectivity index (χ0) is 19.1. The molecule has 1 heterocycles. The number of pyridine rings is 1. The molecule has 0 unspecified atom stereocenters. The number of carbonyl (C=O) groups excluding carboxylic acids is 2. The van der Waals surface area contributed by atoms with E-state index in [0.29, 0.717) is 29.8 Å². The van der Waals surface area contributed by atoms with Crippen molar-refractivity contribution in [1.82, 2.24) is 10.3 Å². The second kappa shape index (κ2) is 8.62. The molecule has 0 spiro atoms. The molecule has 0 fully saturated rings. The molecule has 0 saturated heterocycles. The summed E-state index contributed by atoms with van der Waals surface area (Å²) in [7, 11) is 0. The molecule has 0 aliphatic heterocycles. The quantitative estimate of drug-likeness (QED) is 0.629. The molecule has 0 atom stereocenters. The van der Waals surface area contributed by atoms with Gasteiger partial charge in [-0.25, -0.2) is 0 Å². The molecule has 0 radical (unpaired) electrons. The summed E-state index contributed by atoms with van der Waals surface area (Å²) in [6.07, 6.45) is 3.68. The van der Waals surface area contributed by atoms with Gasteiger partial charge in [0.2, 0.25) is 0 Å². The van der Waals surface area contributed by atoms with Gasteiger partial charge < -0.3 is 15.7 Å². The standard InChI is InChI=1S/C21H19N3O3/c25-19-8-1-4-15(12-19)9-11-23-20(26)16-5-2-7-18(13-16)24-21(27)17-6-3-10-22-14-17/h1-8,10,12-14,25H,9,11H2,(H,23,26)(H,24,27). The third kappa shape index (κ3) is 5.15. The molecule has 0 aliphatic carbocycles. The van der Waals surface area contributed by atoms with Crippen LogP contribution in [0.1, 0.15) is 26.3 Å². The SMILES string of the molecule is O=C(NCCc1cccc(O)c1)c1cccc(NC(=O)c2cccnc2)c1. The molecule has 3 rings (SSSR count). The van der Waals surface area contributed by atoms with Crippen LogP contribution < -0.4 is 10.6 Å². The van der Waals surface area contributed by atoms with Crippen molar-refractivity contribution >= 4 is 17.5 Å². The van der Waals surface area contributed by atoms with Gasteiger partial charge in [0.15, 0.2) is 0 Å². The highest BCUT2D eigenvalue weighted by molar-refractivity contribution is 6.04. The van der Waals surface area contributed by atoms with Crippen LogP contribution in [0.15, 0.2) is 73.1 Å². The third-order valence-electron chi connectivity index (χ3n) is 3.92. The Labute approximate surface area is 156 Å². The Balaban J connectivity index is 1.57. The average Bonchev–Trinajstić information content (AvgIpc) is 2.69. The van der Waals surface area contributed by atoms with Gasteiger partial charge in [-0.1, -0.05) is 18.2 Å². The fourth-order valence-electron chi connectivity index (χ4n) is 2.57. The van der Waals surface area contributed by atoms with E-state index < -0.39 is 0 Å². The van der Waals surface area contributed by atoms with Crippen molar-refractivity contribution in [2.24, 2.45) is 0 Å². The van der Waals surface area contributed by atoms with E-state index in [9.17, 15) is 14.7 Å². The minimum absolute atomic E-state index is 0.205. The van der Waals surface area contributed by atoms with Gasteiger partial charge in [0, 0.05) is 30.2 Å². The maximum Gasteiger partial charge on any atom is 0.257 e. The molecule has 136 valence electrons. The van der Waals surface area contributed by atoms with Crippen LogP contribution in [-0.2, 0) is 6.42 Å². The van der Waals surface area contributed by atoms with Gasteiger partial charge in [0.1, 0.15) is 5.75 Å². The second-order valence-corrected chi connectivity index (χ2v) is 5.95. The molecule has 3 N–H and O–H groups in total. The largest absolute Gasteiger partial charge is 0.508 e. The van der Waals surface area contributed by atoms with E-state index in [0.717, 1.165) is 5.56 Å². The fourth-order valence-corrected chi connectivity index (χ4v) is 2.57. The first-order valence-electron chi connectivity index (χ1n) is 8.49. The van der Waals surface area contributed by atoms with Crippen LogP contribution in [-0.4, -0.2) is 28.4 Å². The van der Waals surface area contributed by atoms with Crippen LogP contribution in [0.2, 0.25) is 0 Å². The molecule has 6 heteroatoms. The van der Waals surface area contributed by atoms with E-state index in [-0.39, 0.29) is 17.6 Å². The Morgan fingerprint density at radius 3 is 2.52 bits per heavy atom. The molecule has 27 heavy (non-hydrogen) atoms. The normalized spacial score (nSPS) is 10.2. The van der Waals surface area contributed by atoms with Crippen LogP contribution in [0.4, 0.5) is 5.69 Å². The van der Waals surface area contributed by atoms with E-state index in [1.807, 2.05) is 6.07 Å². The Morgan fingerprint density at radius 1 is 0.926 bits per heavy atom. The number of aromatic hydroxyl groups is 1. The van der Waals surface area contributed by atoms with E-state index in [1.54, 1.807) is 60.8 Å². The molecule has 3 aromatic rings. The summed E-state index contributed by atoms with van der Waals surface area (Å²) in [6, 6.07) is 17.0.